The number of carbonyl (C=O) groups is 1. The molecule has 1 amide bonds. The molecule has 8 nitrogen and oxygen atoms in total. The standard InChI is InChI=1S/C17H16F5N3O5S/c18-16(19)30-9-3-10-13(26)5-12(25-14(10)11(4-9)17(20,21)22)15(27)24-6-8-7-31(28,29)2-1-23-8/h3-5,8,16,23H,1-2,6-7H2,(H,24,27)(H,25,26). The van der Waals surface area contributed by atoms with Gasteiger partial charge in [-0.3, -0.25) is 9.59 Å². The van der Waals surface area contributed by atoms with E-state index in [9.17, 15) is 40.0 Å². The van der Waals surface area contributed by atoms with Gasteiger partial charge in [0.2, 0.25) is 0 Å². The Bertz CT molecular complexity index is 1160. The third-order valence-corrected chi connectivity index (χ3v) is 6.23. The molecule has 14 heteroatoms. The van der Waals surface area contributed by atoms with Gasteiger partial charge in [-0.15, -0.1) is 0 Å². The number of pyridine rings is 1. The zero-order valence-corrected chi connectivity index (χ0v) is 16.4. The maximum Gasteiger partial charge on any atom is 0.418 e. The van der Waals surface area contributed by atoms with Gasteiger partial charge in [-0.2, -0.15) is 22.0 Å². The molecule has 1 aromatic heterocycles. The smallest absolute Gasteiger partial charge is 0.418 e. The third-order valence-electron chi connectivity index (χ3n) is 4.50. The number of sulfone groups is 1. The van der Waals surface area contributed by atoms with Crippen LogP contribution in [0.1, 0.15) is 16.1 Å². The Hall–Kier alpha value is -2.74. The van der Waals surface area contributed by atoms with Gasteiger partial charge < -0.3 is 20.4 Å². The number of alkyl halides is 5. The van der Waals surface area contributed by atoms with E-state index >= 15 is 0 Å². The van der Waals surface area contributed by atoms with Gasteiger partial charge in [0.25, 0.3) is 5.91 Å². The quantitative estimate of drug-likeness (QED) is 0.568. The zero-order chi connectivity index (χ0) is 23.0. The Morgan fingerprint density at radius 3 is 2.58 bits per heavy atom. The summed E-state index contributed by atoms with van der Waals surface area (Å²) in [6, 6.07) is 1.13. The third kappa shape index (κ3) is 5.50. The molecule has 1 fully saturated rings. The van der Waals surface area contributed by atoms with E-state index in [2.05, 4.69) is 20.4 Å². The number of H-pyrrole nitrogens is 1. The van der Waals surface area contributed by atoms with Gasteiger partial charge in [0.1, 0.15) is 11.4 Å². The minimum atomic E-state index is -5.04. The number of benzene rings is 1. The summed E-state index contributed by atoms with van der Waals surface area (Å²) in [5, 5.41) is 4.64. The fourth-order valence-electron chi connectivity index (χ4n) is 3.15. The Balaban J connectivity index is 1.93. The van der Waals surface area contributed by atoms with E-state index in [4.69, 9.17) is 0 Å². The number of carbonyl (C=O) groups excluding carboxylic acids is 1. The lowest BCUT2D eigenvalue weighted by molar-refractivity contribution is -0.136. The number of halogens is 5. The van der Waals surface area contributed by atoms with Crippen LogP contribution in [0.3, 0.4) is 0 Å². The molecule has 31 heavy (non-hydrogen) atoms. The predicted octanol–water partition coefficient (Wildman–Crippen LogP) is 1.26. The molecule has 0 saturated carbocycles. The second-order valence-electron chi connectivity index (χ2n) is 6.79. The van der Waals surface area contributed by atoms with Crippen LogP contribution in [0.25, 0.3) is 10.9 Å². The fourth-order valence-corrected chi connectivity index (χ4v) is 4.59. The Morgan fingerprint density at radius 2 is 1.97 bits per heavy atom. The van der Waals surface area contributed by atoms with Gasteiger partial charge in [0.15, 0.2) is 15.3 Å². The van der Waals surface area contributed by atoms with E-state index in [0.29, 0.717) is 12.1 Å². The highest BCUT2D eigenvalue weighted by atomic mass is 32.2. The van der Waals surface area contributed by atoms with Crippen LogP contribution >= 0.6 is 0 Å². The van der Waals surface area contributed by atoms with Crippen molar-refractivity contribution in [1.82, 2.24) is 15.6 Å². The molecule has 3 rings (SSSR count). The summed E-state index contributed by atoms with van der Waals surface area (Å²) in [5.74, 6) is -2.08. The normalized spacial score (nSPS) is 18.8. The summed E-state index contributed by atoms with van der Waals surface area (Å²) in [7, 11) is -3.28. The molecular weight excluding hydrogens is 453 g/mol. The van der Waals surface area contributed by atoms with Crippen molar-refractivity contribution in [3.8, 4) is 5.75 Å². The van der Waals surface area contributed by atoms with Gasteiger partial charge >= 0.3 is 12.8 Å². The summed E-state index contributed by atoms with van der Waals surface area (Å²) in [4.78, 5) is 26.9. The van der Waals surface area contributed by atoms with Crippen molar-refractivity contribution in [2.45, 2.75) is 18.8 Å². The van der Waals surface area contributed by atoms with Crippen LogP contribution in [-0.4, -0.2) is 56.6 Å². The number of ether oxygens (including phenoxy) is 1. The van der Waals surface area contributed by atoms with Crippen LogP contribution in [-0.2, 0) is 16.0 Å². The number of fused-ring (bicyclic) bond motifs is 1. The van der Waals surface area contributed by atoms with Gasteiger partial charge in [0, 0.05) is 30.6 Å². The number of aromatic nitrogens is 1. The number of aromatic amines is 1. The summed E-state index contributed by atoms with van der Waals surface area (Å²) >= 11 is 0. The molecule has 2 heterocycles. The highest BCUT2D eigenvalue weighted by molar-refractivity contribution is 7.91. The molecule has 1 aliphatic rings. The number of hydrogen-bond donors (Lipinski definition) is 3. The Morgan fingerprint density at radius 1 is 1.26 bits per heavy atom. The largest absolute Gasteiger partial charge is 0.435 e. The molecule has 170 valence electrons. The van der Waals surface area contributed by atoms with Crippen molar-refractivity contribution in [3.05, 3.63) is 39.7 Å². The molecule has 0 spiro atoms. The van der Waals surface area contributed by atoms with Crippen LogP contribution in [0.4, 0.5) is 22.0 Å². The lowest BCUT2D eigenvalue weighted by atomic mass is 10.1. The zero-order valence-electron chi connectivity index (χ0n) is 15.6. The average Bonchev–Trinajstić information content (AvgIpc) is 2.64. The van der Waals surface area contributed by atoms with Crippen molar-refractivity contribution in [2.24, 2.45) is 0 Å². The maximum atomic E-state index is 13.4. The number of amides is 1. The molecule has 3 N–H and O–H groups in total. The molecule has 1 atom stereocenters. The number of nitrogens with one attached hydrogen (secondary N) is 3. The van der Waals surface area contributed by atoms with Gasteiger partial charge in [-0.1, -0.05) is 0 Å². The molecule has 1 aliphatic heterocycles. The van der Waals surface area contributed by atoms with E-state index in [1.54, 1.807) is 0 Å². The Labute approximate surface area is 171 Å². The van der Waals surface area contributed by atoms with E-state index in [1.165, 1.54) is 0 Å². The predicted molar refractivity (Wildman–Crippen MR) is 99.0 cm³/mol. The topological polar surface area (TPSA) is 117 Å². The first-order valence-electron chi connectivity index (χ1n) is 8.81. The summed E-state index contributed by atoms with van der Waals surface area (Å²) in [6.45, 7) is -3.36. The Kier molecular flexibility index (Phi) is 6.23. The first-order chi connectivity index (χ1) is 14.4. The number of hydrogen-bond acceptors (Lipinski definition) is 6. The highest BCUT2D eigenvalue weighted by Crippen LogP contribution is 2.36. The van der Waals surface area contributed by atoms with Gasteiger partial charge in [-0.25, -0.2) is 8.42 Å². The SMILES string of the molecule is O=C(NCC1CS(=O)(=O)CCN1)c1cc(=O)c2cc(OC(F)F)cc(C(F)(F)F)c2[nH]1. The number of rotatable bonds is 5. The van der Waals surface area contributed by atoms with Crippen molar-refractivity contribution in [1.29, 1.82) is 0 Å². The van der Waals surface area contributed by atoms with Crippen LogP contribution in [0.15, 0.2) is 23.0 Å². The molecule has 0 aliphatic carbocycles. The summed E-state index contributed by atoms with van der Waals surface area (Å²) in [6.07, 6.45) is -5.04. The van der Waals surface area contributed by atoms with Crippen LogP contribution < -0.4 is 20.8 Å². The van der Waals surface area contributed by atoms with Crippen molar-refractivity contribution >= 4 is 26.6 Å². The van der Waals surface area contributed by atoms with Gasteiger partial charge in [0.05, 0.1) is 22.6 Å². The van der Waals surface area contributed by atoms with Crippen LogP contribution in [0.2, 0.25) is 0 Å². The molecular formula is C17H16F5N3O5S. The van der Waals surface area contributed by atoms with E-state index in [-0.39, 0.29) is 24.6 Å². The minimum Gasteiger partial charge on any atom is -0.435 e. The lowest BCUT2D eigenvalue weighted by Gasteiger charge is -2.23. The van der Waals surface area contributed by atoms with Crippen molar-refractivity contribution in [3.63, 3.8) is 0 Å². The summed E-state index contributed by atoms with van der Waals surface area (Å²) < 4.78 is 92.4. The molecule has 1 saturated heterocycles. The van der Waals surface area contributed by atoms with Crippen LogP contribution in [0, 0.1) is 0 Å². The van der Waals surface area contributed by atoms with Crippen molar-refractivity contribution in [2.75, 3.05) is 24.6 Å². The first-order valence-corrected chi connectivity index (χ1v) is 10.6. The maximum absolute atomic E-state index is 13.4. The monoisotopic (exact) mass is 469 g/mol. The molecule has 2 aromatic rings. The molecule has 0 bridgehead atoms. The molecule has 1 aromatic carbocycles. The minimum absolute atomic E-state index is 0.0487. The second kappa shape index (κ2) is 8.42. The highest BCUT2D eigenvalue weighted by Gasteiger charge is 2.35. The fraction of sp³-hybridized carbons (Fsp3) is 0.412. The molecule has 0 radical (unpaired) electrons. The summed E-state index contributed by atoms with van der Waals surface area (Å²) in [5.41, 5.74) is -3.77. The lowest BCUT2D eigenvalue weighted by Crippen LogP contribution is -2.50. The molecule has 1 unspecified atom stereocenters. The first kappa shape index (κ1) is 22.9. The van der Waals surface area contributed by atoms with E-state index in [1.807, 2.05) is 0 Å². The average molecular weight is 469 g/mol. The van der Waals surface area contributed by atoms with E-state index in [0.717, 1.165) is 6.07 Å². The van der Waals surface area contributed by atoms with Crippen LogP contribution in [0.5, 0.6) is 5.75 Å². The van der Waals surface area contributed by atoms with Gasteiger partial charge in [-0.05, 0) is 12.1 Å². The van der Waals surface area contributed by atoms with Crippen molar-refractivity contribution < 1.29 is 39.9 Å². The van der Waals surface area contributed by atoms with E-state index < -0.39 is 67.9 Å². The second-order valence-corrected chi connectivity index (χ2v) is 9.02.